The Hall–Kier alpha value is -0.0400. The number of guanidine groups is 1. The Kier molecular flexibility index (Phi) is 9.78. The van der Waals surface area contributed by atoms with Gasteiger partial charge in [-0.3, -0.25) is 4.99 Å². The number of halogens is 1. The van der Waals surface area contributed by atoms with E-state index in [4.69, 9.17) is 4.74 Å². The topological polar surface area (TPSA) is 36.9 Å². The molecule has 1 rings (SSSR count). The van der Waals surface area contributed by atoms with Crippen molar-refractivity contribution >= 4 is 29.9 Å². The Balaban J connectivity index is 0.00000324. The third-order valence-corrected chi connectivity index (χ3v) is 3.36. The SMILES string of the molecule is CCCCOCCNC(=NC)N1CCC(C)(C)C1.I. The molecule has 0 unspecified atom stereocenters. The molecule has 0 saturated carbocycles. The molecule has 1 fully saturated rings. The number of nitrogens with zero attached hydrogens (tertiary/aromatic N) is 2. The fourth-order valence-electron chi connectivity index (χ4n) is 2.21. The molecule has 0 amide bonds. The lowest BCUT2D eigenvalue weighted by Gasteiger charge is -2.23. The first-order valence-electron chi connectivity index (χ1n) is 7.12. The van der Waals surface area contributed by atoms with Gasteiger partial charge in [-0.15, -0.1) is 24.0 Å². The van der Waals surface area contributed by atoms with Gasteiger partial charge in [-0.25, -0.2) is 0 Å². The van der Waals surface area contributed by atoms with Crippen molar-refractivity contribution < 1.29 is 4.74 Å². The Bertz CT molecular complexity index is 269. The van der Waals surface area contributed by atoms with E-state index in [1.165, 1.54) is 12.8 Å². The summed E-state index contributed by atoms with van der Waals surface area (Å²) in [6.45, 7) is 11.5. The second kappa shape index (κ2) is 9.80. The van der Waals surface area contributed by atoms with E-state index in [9.17, 15) is 0 Å². The molecule has 0 bridgehead atoms. The van der Waals surface area contributed by atoms with Crippen LogP contribution in [0.1, 0.15) is 40.0 Å². The molecule has 4 nitrogen and oxygen atoms in total. The maximum absolute atomic E-state index is 5.54. The Morgan fingerprint density at radius 3 is 2.63 bits per heavy atom. The standard InChI is InChI=1S/C14H29N3O.HI/c1-5-6-10-18-11-8-16-13(15-4)17-9-7-14(2,3)12-17;/h5-12H2,1-4H3,(H,15,16);1H. The van der Waals surface area contributed by atoms with Crippen LogP contribution in [0.3, 0.4) is 0 Å². The normalized spacial score (nSPS) is 18.3. The van der Waals surface area contributed by atoms with Gasteiger partial charge < -0.3 is 15.0 Å². The number of unbranched alkanes of at least 4 members (excludes halogenated alkanes) is 1. The summed E-state index contributed by atoms with van der Waals surface area (Å²) < 4.78 is 5.54. The van der Waals surface area contributed by atoms with E-state index in [-0.39, 0.29) is 24.0 Å². The van der Waals surface area contributed by atoms with Gasteiger partial charge >= 0.3 is 0 Å². The highest BCUT2D eigenvalue weighted by Gasteiger charge is 2.30. The largest absolute Gasteiger partial charge is 0.380 e. The Morgan fingerprint density at radius 2 is 2.11 bits per heavy atom. The molecule has 0 aromatic heterocycles. The lowest BCUT2D eigenvalue weighted by molar-refractivity contribution is 0.135. The molecule has 1 aliphatic heterocycles. The van der Waals surface area contributed by atoms with Crippen LogP contribution in [0.5, 0.6) is 0 Å². The fraction of sp³-hybridized carbons (Fsp3) is 0.929. The molecule has 5 heteroatoms. The Labute approximate surface area is 135 Å². The van der Waals surface area contributed by atoms with E-state index in [2.05, 4.69) is 36.0 Å². The molecule has 1 heterocycles. The molecule has 0 aliphatic carbocycles. The first-order valence-corrected chi connectivity index (χ1v) is 7.12. The van der Waals surface area contributed by atoms with Crippen molar-refractivity contribution in [2.24, 2.45) is 10.4 Å². The molecule has 114 valence electrons. The summed E-state index contributed by atoms with van der Waals surface area (Å²) in [5.41, 5.74) is 0.412. The Morgan fingerprint density at radius 1 is 1.37 bits per heavy atom. The number of aliphatic imine (C=N–C) groups is 1. The van der Waals surface area contributed by atoms with Gasteiger partial charge in [0.25, 0.3) is 0 Å². The summed E-state index contributed by atoms with van der Waals surface area (Å²) >= 11 is 0. The molecule has 0 atom stereocenters. The monoisotopic (exact) mass is 383 g/mol. The maximum Gasteiger partial charge on any atom is 0.193 e. The van der Waals surface area contributed by atoms with Gasteiger partial charge in [0, 0.05) is 33.3 Å². The van der Waals surface area contributed by atoms with Gasteiger partial charge in [0.2, 0.25) is 0 Å². The average molecular weight is 383 g/mol. The summed E-state index contributed by atoms with van der Waals surface area (Å²) in [7, 11) is 1.85. The van der Waals surface area contributed by atoms with E-state index in [0.717, 1.165) is 45.2 Å². The second-order valence-electron chi connectivity index (χ2n) is 5.78. The highest BCUT2D eigenvalue weighted by molar-refractivity contribution is 14.0. The minimum atomic E-state index is 0. The van der Waals surface area contributed by atoms with Crippen LogP contribution in [0.4, 0.5) is 0 Å². The number of rotatable bonds is 6. The molecule has 1 saturated heterocycles. The lowest BCUT2D eigenvalue weighted by Crippen LogP contribution is -2.42. The summed E-state index contributed by atoms with van der Waals surface area (Å²) in [6, 6.07) is 0. The van der Waals surface area contributed by atoms with Crippen molar-refractivity contribution in [3.05, 3.63) is 0 Å². The zero-order chi connectivity index (χ0) is 13.4. The van der Waals surface area contributed by atoms with E-state index in [0.29, 0.717) is 5.41 Å². The molecule has 0 radical (unpaired) electrons. The van der Waals surface area contributed by atoms with Gasteiger partial charge in [0.15, 0.2) is 5.96 Å². The zero-order valence-corrected chi connectivity index (χ0v) is 15.2. The molecular weight excluding hydrogens is 353 g/mol. The third-order valence-electron chi connectivity index (χ3n) is 3.36. The number of likely N-dealkylation sites (tertiary alicyclic amines) is 1. The predicted molar refractivity (Wildman–Crippen MR) is 92.5 cm³/mol. The number of hydrogen-bond donors (Lipinski definition) is 1. The second-order valence-corrected chi connectivity index (χ2v) is 5.78. The summed E-state index contributed by atoms with van der Waals surface area (Å²) in [5, 5.41) is 3.38. The van der Waals surface area contributed by atoms with Crippen LogP contribution in [0.15, 0.2) is 4.99 Å². The minimum Gasteiger partial charge on any atom is -0.380 e. The minimum absolute atomic E-state index is 0. The molecular formula is C14H30IN3O. The lowest BCUT2D eigenvalue weighted by atomic mass is 9.93. The van der Waals surface area contributed by atoms with Gasteiger partial charge in [0.05, 0.1) is 6.61 Å². The highest BCUT2D eigenvalue weighted by Crippen LogP contribution is 2.28. The molecule has 1 N–H and O–H groups in total. The number of nitrogens with one attached hydrogen (secondary N) is 1. The van der Waals surface area contributed by atoms with E-state index in [1.807, 2.05) is 7.05 Å². The van der Waals surface area contributed by atoms with Gasteiger partial charge in [-0.05, 0) is 18.3 Å². The van der Waals surface area contributed by atoms with Crippen LogP contribution >= 0.6 is 24.0 Å². The van der Waals surface area contributed by atoms with E-state index in [1.54, 1.807) is 0 Å². The molecule has 1 aliphatic rings. The summed E-state index contributed by atoms with van der Waals surface area (Å²) in [4.78, 5) is 6.68. The summed E-state index contributed by atoms with van der Waals surface area (Å²) in [6.07, 6.45) is 3.58. The molecule has 19 heavy (non-hydrogen) atoms. The van der Waals surface area contributed by atoms with Crippen LogP contribution in [-0.4, -0.2) is 50.8 Å². The van der Waals surface area contributed by atoms with Crippen LogP contribution in [0.25, 0.3) is 0 Å². The number of ether oxygens (including phenoxy) is 1. The van der Waals surface area contributed by atoms with Crippen molar-refractivity contribution in [3.63, 3.8) is 0 Å². The van der Waals surface area contributed by atoms with Gasteiger partial charge in [-0.2, -0.15) is 0 Å². The smallest absolute Gasteiger partial charge is 0.193 e. The van der Waals surface area contributed by atoms with Crippen LogP contribution in [0, 0.1) is 5.41 Å². The predicted octanol–water partition coefficient (Wildman–Crippen LogP) is 2.73. The van der Waals surface area contributed by atoms with Crippen molar-refractivity contribution in [2.75, 3.05) is 39.9 Å². The van der Waals surface area contributed by atoms with Crippen LogP contribution in [0.2, 0.25) is 0 Å². The maximum atomic E-state index is 5.54. The fourth-order valence-corrected chi connectivity index (χ4v) is 2.21. The molecule has 0 spiro atoms. The van der Waals surface area contributed by atoms with Crippen molar-refractivity contribution in [1.82, 2.24) is 10.2 Å². The number of hydrogen-bond acceptors (Lipinski definition) is 2. The van der Waals surface area contributed by atoms with Gasteiger partial charge in [-0.1, -0.05) is 27.2 Å². The molecule has 0 aromatic rings. The van der Waals surface area contributed by atoms with Gasteiger partial charge in [0.1, 0.15) is 0 Å². The van der Waals surface area contributed by atoms with E-state index < -0.39 is 0 Å². The van der Waals surface area contributed by atoms with Crippen molar-refractivity contribution in [1.29, 1.82) is 0 Å². The molecule has 0 aromatic carbocycles. The first-order chi connectivity index (χ1) is 8.59. The first kappa shape index (κ1) is 19.0. The van der Waals surface area contributed by atoms with Crippen molar-refractivity contribution in [2.45, 2.75) is 40.0 Å². The average Bonchev–Trinajstić information content (AvgIpc) is 2.69. The highest BCUT2D eigenvalue weighted by atomic mass is 127. The van der Waals surface area contributed by atoms with Crippen LogP contribution in [-0.2, 0) is 4.74 Å². The third kappa shape index (κ3) is 7.34. The summed E-state index contributed by atoms with van der Waals surface area (Å²) in [5.74, 6) is 1.01. The zero-order valence-electron chi connectivity index (χ0n) is 12.9. The van der Waals surface area contributed by atoms with Crippen molar-refractivity contribution in [3.8, 4) is 0 Å². The van der Waals surface area contributed by atoms with Crippen LogP contribution < -0.4 is 5.32 Å². The van der Waals surface area contributed by atoms with E-state index >= 15 is 0 Å². The quantitative estimate of drug-likeness (QED) is 0.332.